The number of allylic oxidation sites excluding steroid dienone is 4. The molecular formula is C74H109F6N7O8S3. The number of carbonyl (C=O) groups excluding carboxylic acids is 1. The summed E-state index contributed by atoms with van der Waals surface area (Å²) in [5.74, 6) is 3.55. The van der Waals surface area contributed by atoms with Crippen LogP contribution in [0.15, 0.2) is 134 Å². The molecule has 98 heavy (non-hydrogen) atoms. The zero-order valence-corrected chi connectivity index (χ0v) is 63.6. The highest BCUT2D eigenvalue weighted by Gasteiger charge is 2.52. The number of alkyl halides is 6. The van der Waals surface area contributed by atoms with Crippen molar-refractivity contribution in [3.63, 3.8) is 0 Å². The van der Waals surface area contributed by atoms with Crippen LogP contribution < -0.4 is 29.5 Å². The number of hydrogen-bond acceptors (Lipinski definition) is 12. The van der Waals surface area contributed by atoms with Crippen molar-refractivity contribution in [1.29, 1.82) is 0 Å². The topological polar surface area (TPSA) is 174 Å². The second-order valence-corrected chi connectivity index (χ2v) is 35.1. The number of anilines is 6. The molecule has 0 spiro atoms. The highest BCUT2D eigenvalue weighted by molar-refractivity contribution is 8.13. The third kappa shape index (κ3) is 27.2. The van der Waals surface area contributed by atoms with Crippen molar-refractivity contribution in [3.05, 3.63) is 138 Å². The van der Waals surface area contributed by atoms with Crippen molar-refractivity contribution in [2.45, 2.75) is 155 Å². The number of benzene rings is 4. The molecule has 4 aromatic carbocycles. The summed E-state index contributed by atoms with van der Waals surface area (Å²) in [5, 5.41) is 2.39. The maximum absolute atomic E-state index is 11.8. The SMILES string of the molecule is C=C(C)C(=O)NC(C)(C)CS(=O)(=O)[O-].CC(C)CN(CC(C)C)c1ccc(N(c2ccc(N(CC(C)C)CC(C)C)cc2)c2ccc([N+](=C3C=CC(=[N+](CC(C)C)CC(C)C)C=C3)c3ccc(N(CC(C)C)CC(C)C)cc3)cc2)cc1.C[C-](S(=O)(=O)C(F)(F)F)S(=O)(=O)C(F)(F)F. The van der Waals surface area contributed by atoms with E-state index in [-0.39, 0.29) is 12.5 Å². The highest BCUT2D eigenvalue weighted by Crippen LogP contribution is 2.41. The van der Waals surface area contributed by atoms with Gasteiger partial charge >= 0.3 is 11.0 Å². The molecule has 0 bridgehead atoms. The van der Waals surface area contributed by atoms with Gasteiger partial charge in [-0.15, -0.1) is 0 Å². The summed E-state index contributed by atoms with van der Waals surface area (Å²) in [5.41, 5.74) is -1.07. The standard InChI is InChI=1S/C62H92N6.C8H15NO4S.C4H3F6O4S2/c1-45(2)37-63(38-46(3)4)53-17-25-57(26-18-53)67(58-27-19-54(20-28-58)64(39-47(5)6)40-48(7)8)61-33-35-62(36-34-61)68(59-29-21-55(22-30-59)65(41-49(9)10)42-50(11)12)60-31-23-56(24-32-60)66(43-51(13)14)44-52(15)16;1-6(2)7(10)9-8(3,4)5-14(11,12)13;1-2(15(11,12)3(5,6)7)16(13,14)4(8,9)10/h17-36,45-52H,37-44H2,1-16H3;1,5H2,2-4H3,(H,9,10)(H,11,12,13);1H3/q+2;;-1/p-1. The molecule has 0 atom stereocenters. The van der Waals surface area contributed by atoms with Crippen LogP contribution in [-0.4, -0.2) is 126 Å². The minimum atomic E-state index is -6.51. The van der Waals surface area contributed by atoms with Gasteiger partial charge in [0.1, 0.15) is 32.8 Å². The van der Waals surface area contributed by atoms with E-state index in [4.69, 9.17) is 0 Å². The summed E-state index contributed by atoms with van der Waals surface area (Å²) >= 11 is 0. The quantitative estimate of drug-likeness (QED) is 0.0131. The first-order valence-electron chi connectivity index (χ1n) is 33.4. The molecule has 0 aromatic heterocycles. The molecular weight excluding hydrogens is 1330 g/mol. The molecule has 548 valence electrons. The van der Waals surface area contributed by atoms with Gasteiger partial charge in [-0.2, -0.15) is 37.8 Å². The van der Waals surface area contributed by atoms with Gasteiger partial charge in [-0.1, -0.05) is 122 Å². The predicted molar refractivity (Wildman–Crippen MR) is 393 cm³/mol. The van der Waals surface area contributed by atoms with Gasteiger partial charge in [0, 0.05) is 145 Å². The summed E-state index contributed by atoms with van der Waals surface area (Å²) in [6.07, 6.45) is 9.27. The molecule has 24 heteroatoms. The average molecular weight is 1430 g/mol. The fourth-order valence-corrected chi connectivity index (χ4v) is 14.3. The lowest BCUT2D eigenvalue weighted by atomic mass is 10.1. The van der Waals surface area contributed by atoms with Gasteiger partial charge in [0.2, 0.25) is 23.0 Å². The molecule has 5 rings (SSSR count). The maximum atomic E-state index is 11.8. The summed E-state index contributed by atoms with van der Waals surface area (Å²) in [4.78, 5) is 21.2. The molecule has 1 aliphatic rings. The lowest BCUT2D eigenvalue weighted by Crippen LogP contribution is -2.48. The number of nitrogens with zero attached hydrogens (tertiary/aromatic N) is 6. The fourth-order valence-electron chi connectivity index (χ4n) is 10.9. The Kier molecular flexibility index (Phi) is 32.1. The lowest BCUT2D eigenvalue weighted by molar-refractivity contribution is -0.538. The molecule has 15 nitrogen and oxygen atoms in total. The van der Waals surface area contributed by atoms with Gasteiger partial charge in [0.15, 0.2) is 5.71 Å². The Morgan fingerprint density at radius 2 is 0.724 bits per heavy atom. The Morgan fingerprint density at radius 1 is 0.469 bits per heavy atom. The minimum absolute atomic E-state index is 0.265. The second-order valence-electron chi connectivity index (χ2n) is 29.2. The molecule has 1 amide bonds. The van der Waals surface area contributed by atoms with E-state index in [0.29, 0.717) is 47.3 Å². The number of halogens is 6. The Bertz CT molecular complexity index is 3520. The van der Waals surface area contributed by atoms with E-state index in [0.717, 1.165) is 86.5 Å². The van der Waals surface area contributed by atoms with Gasteiger partial charge < -0.3 is 29.5 Å². The van der Waals surface area contributed by atoms with E-state index in [1.807, 2.05) is 0 Å². The van der Waals surface area contributed by atoms with E-state index in [9.17, 15) is 60.9 Å². The molecule has 0 saturated heterocycles. The van der Waals surface area contributed by atoms with Crippen molar-refractivity contribution in [2.24, 2.45) is 47.3 Å². The number of amides is 1. The Hall–Kier alpha value is -6.50. The lowest BCUT2D eigenvalue weighted by Gasteiger charge is -2.31. The molecule has 1 aliphatic carbocycles. The molecule has 0 aliphatic heterocycles. The van der Waals surface area contributed by atoms with E-state index < -0.39 is 62.6 Å². The Labute approximate surface area is 583 Å². The van der Waals surface area contributed by atoms with E-state index in [1.54, 1.807) is 0 Å². The van der Waals surface area contributed by atoms with Crippen molar-refractivity contribution in [1.82, 2.24) is 9.89 Å². The Balaban J connectivity index is 0.000000684. The molecule has 0 unspecified atom stereocenters. The van der Waals surface area contributed by atoms with Crippen molar-refractivity contribution < 1.29 is 65.5 Å². The maximum Gasteiger partial charge on any atom is 0.469 e. The molecule has 1 N–H and O–H groups in total. The van der Waals surface area contributed by atoms with Crippen LogP contribution in [0, 0.1) is 51.9 Å². The summed E-state index contributed by atoms with van der Waals surface area (Å²) in [6.45, 7) is 52.9. The largest absolute Gasteiger partial charge is 0.748 e. The van der Waals surface area contributed by atoms with Crippen LogP contribution in [0.25, 0.3) is 0 Å². The van der Waals surface area contributed by atoms with Gasteiger partial charge in [0.05, 0.1) is 15.9 Å². The van der Waals surface area contributed by atoms with Crippen LogP contribution >= 0.6 is 0 Å². The molecule has 0 fully saturated rings. The van der Waals surface area contributed by atoms with Crippen LogP contribution in [0.3, 0.4) is 0 Å². The van der Waals surface area contributed by atoms with Crippen molar-refractivity contribution >= 4 is 92.6 Å². The number of nitrogens with one attached hydrogen (secondary N) is 1. The van der Waals surface area contributed by atoms with Crippen LogP contribution in [0.4, 0.5) is 71.8 Å². The van der Waals surface area contributed by atoms with E-state index in [1.165, 1.54) is 43.5 Å². The molecule has 0 heterocycles. The smallest absolute Gasteiger partial charge is 0.469 e. The van der Waals surface area contributed by atoms with Crippen molar-refractivity contribution in [2.75, 3.05) is 77.7 Å². The van der Waals surface area contributed by atoms with E-state index in [2.05, 4.69) is 273 Å². The van der Waals surface area contributed by atoms with Crippen LogP contribution in [0.5, 0.6) is 0 Å². The predicted octanol–water partition coefficient (Wildman–Crippen LogP) is 17.0. The number of sulfone groups is 2. The fraction of sp³-hybridized carbons (Fsp3) is 0.541. The first kappa shape index (κ1) is 85.7. The van der Waals surface area contributed by atoms with Crippen molar-refractivity contribution in [3.8, 4) is 0 Å². The first-order chi connectivity index (χ1) is 45.0. The minimum Gasteiger partial charge on any atom is -0.748 e. The monoisotopic (exact) mass is 1430 g/mol. The van der Waals surface area contributed by atoms with E-state index >= 15 is 0 Å². The van der Waals surface area contributed by atoms with Gasteiger partial charge in [-0.3, -0.25) is 21.6 Å². The van der Waals surface area contributed by atoms with Gasteiger partial charge in [-0.05, 0) is 129 Å². The summed E-state index contributed by atoms with van der Waals surface area (Å²) in [6, 6.07) is 37.0. The molecule has 4 aromatic rings. The highest BCUT2D eigenvalue weighted by atomic mass is 32.3. The number of hydrogen-bond donors (Lipinski definition) is 1. The molecule has 0 saturated carbocycles. The third-order valence-electron chi connectivity index (χ3n) is 14.7. The average Bonchev–Trinajstić information content (AvgIpc) is 0.776. The zero-order chi connectivity index (χ0) is 74.8. The van der Waals surface area contributed by atoms with Crippen LogP contribution in [-0.2, 0) is 34.6 Å². The molecule has 0 radical (unpaired) electrons. The van der Waals surface area contributed by atoms with Crippen LogP contribution in [0.1, 0.15) is 138 Å². The van der Waals surface area contributed by atoms with Gasteiger partial charge in [0.25, 0.3) is 0 Å². The zero-order valence-electron chi connectivity index (χ0n) is 61.2. The summed E-state index contributed by atoms with van der Waals surface area (Å²) < 4.78 is 146. The second kappa shape index (κ2) is 36.7. The third-order valence-corrected chi connectivity index (χ3v) is 19.8. The van der Waals surface area contributed by atoms with Crippen LogP contribution in [0.2, 0.25) is 0 Å². The normalized spacial score (nSPS) is 13.2. The van der Waals surface area contributed by atoms with Gasteiger partial charge in [-0.25, -0.2) is 13.0 Å². The number of rotatable bonds is 30. The Morgan fingerprint density at radius 3 is 0.969 bits per heavy atom. The number of carbonyl (C=O) groups is 1. The summed E-state index contributed by atoms with van der Waals surface area (Å²) in [7, 11) is -17.4. The first-order valence-corrected chi connectivity index (χ1v) is 38.0.